The third-order valence-corrected chi connectivity index (χ3v) is 6.31. The van der Waals surface area contributed by atoms with Crippen molar-refractivity contribution in [2.45, 2.75) is 19.8 Å². The zero-order chi connectivity index (χ0) is 23.7. The van der Waals surface area contributed by atoms with Gasteiger partial charge >= 0.3 is 0 Å². The standard InChI is InChI=1S/C26H19Cl3N4O/c1-16-24(26-31-30-23(34-26)14-7-17-5-3-2-4-6-17)32-33(22-13-12-20(28)15-21(22)29)25(16)18-8-10-19(27)11-9-18/h2-6,8-13,15H,7,14H2,1H3. The van der Waals surface area contributed by atoms with Gasteiger partial charge in [0.2, 0.25) is 5.89 Å². The van der Waals surface area contributed by atoms with E-state index in [4.69, 9.17) is 44.3 Å². The number of aromatic nitrogens is 4. The van der Waals surface area contributed by atoms with Gasteiger partial charge in [-0.15, -0.1) is 10.2 Å². The summed E-state index contributed by atoms with van der Waals surface area (Å²) in [5.41, 5.74) is 5.15. The molecule has 0 unspecified atom stereocenters. The summed E-state index contributed by atoms with van der Waals surface area (Å²) in [4.78, 5) is 0. The Morgan fingerprint density at radius 2 is 1.56 bits per heavy atom. The Morgan fingerprint density at radius 3 is 2.29 bits per heavy atom. The lowest BCUT2D eigenvalue weighted by atomic mass is 10.1. The summed E-state index contributed by atoms with van der Waals surface area (Å²) in [5.74, 6) is 0.921. The van der Waals surface area contributed by atoms with Crippen molar-refractivity contribution in [3.05, 3.63) is 105 Å². The van der Waals surface area contributed by atoms with Gasteiger partial charge in [-0.05, 0) is 49.2 Å². The van der Waals surface area contributed by atoms with Crippen molar-refractivity contribution in [1.29, 1.82) is 0 Å². The average molecular weight is 510 g/mol. The van der Waals surface area contributed by atoms with Gasteiger partial charge in [0, 0.05) is 27.6 Å². The van der Waals surface area contributed by atoms with Crippen LogP contribution in [0.5, 0.6) is 0 Å². The molecule has 34 heavy (non-hydrogen) atoms. The summed E-state index contributed by atoms with van der Waals surface area (Å²) in [6.45, 7) is 1.97. The number of hydrogen-bond acceptors (Lipinski definition) is 4. The molecule has 0 saturated carbocycles. The summed E-state index contributed by atoms with van der Waals surface area (Å²) in [6.07, 6.45) is 1.45. The van der Waals surface area contributed by atoms with Gasteiger partial charge in [-0.25, -0.2) is 4.68 Å². The van der Waals surface area contributed by atoms with Gasteiger partial charge in [-0.1, -0.05) is 77.3 Å². The largest absolute Gasteiger partial charge is 0.419 e. The maximum Gasteiger partial charge on any atom is 0.268 e. The van der Waals surface area contributed by atoms with Crippen molar-refractivity contribution in [1.82, 2.24) is 20.0 Å². The molecule has 170 valence electrons. The molecule has 0 bridgehead atoms. The molecule has 2 heterocycles. The fourth-order valence-corrected chi connectivity index (χ4v) is 4.43. The van der Waals surface area contributed by atoms with Crippen LogP contribution in [0.4, 0.5) is 0 Å². The molecule has 5 rings (SSSR count). The van der Waals surface area contributed by atoms with Crippen molar-refractivity contribution in [2.24, 2.45) is 0 Å². The first-order valence-corrected chi connectivity index (χ1v) is 11.8. The zero-order valence-corrected chi connectivity index (χ0v) is 20.4. The van der Waals surface area contributed by atoms with Gasteiger partial charge in [-0.2, -0.15) is 5.10 Å². The highest BCUT2D eigenvalue weighted by Gasteiger charge is 2.23. The van der Waals surface area contributed by atoms with Crippen LogP contribution in [-0.4, -0.2) is 20.0 Å². The molecule has 8 heteroatoms. The maximum atomic E-state index is 6.54. The molecule has 2 aromatic heterocycles. The quantitative estimate of drug-likeness (QED) is 0.236. The first-order valence-electron chi connectivity index (χ1n) is 10.7. The summed E-state index contributed by atoms with van der Waals surface area (Å²) >= 11 is 18.8. The molecular formula is C26H19Cl3N4O. The van der Waals surface area contributed by atoms with Crippen LogP contribution in [-0.2, 0) is 12.8 Å². The van der Waals surface area contributed by atoms with Crippen molar-refractivity contribution in [2.75, 3.05) is 0 Å². The summed E-state index contributed by atoms with van der Waals surface area (Å²) in [5, 5.41) is 15.0. The Bertz CT molecular complexity index is 1440. The third kappa shape index (κ3) is 4.60. The Morgan fingerprint density at radius 1 is 0.824 bits per heavy atom. The number of benzene rings is 3. The lowest BCUT2D eigenvalue weighted by Crippen LogP contribution is -2.00. The second-order valence-electron chi connectivity index (χ2n) is 7.82. The predicted molar refractivity (Wildman–Crippen MR) is 136 cm³/mol. The second-order valence-corrected chi connectivity index (χ2v) is 9.10. The van der Waals surface area contributed by atoms with Crippen LogP contribution in [0, 0.1) is 6.92 Å². The molecule has 5 nitrogen and oxygen atoms in total. The number of aryl methyl sites for hydroxylation is 2. The molecular weight excluding hydrogens is 491 g/mol. The first-order chi connectivity index (χ1) is 16.5. The lowest BCUT2D eigenvalue weighted by molar-refractivity contribution is 0.502. The molecule has 0 atom stereocenters. The highest BCUT2D eigenvalue weighted by atomic mass is 35.5. The van der Waals surface area contributed by atoms with E-state index in [1.165, 1.54) is 5.56 Å². The fraction of sp³-hybridized carbons (Fsp3) is 0.115. The molecule has 0 amide bonds. The van der Waals surface area contributed by atoms with E-state index in [0.717, 1.165) is 23.2 Å². The molecule has 0 radical (unpaired) electrons. The van der Waals surface area contributed by atoms with Crippen LogP contribution < -0.4 is 0 Å². The number of hydrogen-bond donors (Lipinski definition) is 0. The van der Waals surface area contributed by atoms with Gasteiger partial charge in [0.05, 0.1) is 16.4 Å². The molecule has 0 saturated heterocycles. The van der Waals surface area contributed by atoms with Gasteiger partial charge in [-0.3, -0.25) is 0 Å². The molecule has 0 N–H and O–H groups in total. The van der Waals surface area contributed by atoms with E-state index in [2.05, 4.69) is 22.3 Å². The number of halogens is 3. The van der Waals surface area contributed by atoms with Crippen LogP contribution >= 0.6 is 34.8 Å². The van der Waals surface area contributed by atoms with E-state index in [1.807, 2.05) is 55.5 Å². The minimum Gasteiger partial charge on any atom is -0.419 e. The van der Waals surface area contributed by atoms with Crippen LogP contribution in [0.2, 0.25) is 15.1 Å². The van der Waals surface area contributed by atoms with Gasteiger partial charge < -0.3 is 4.42 Å². The molecule has 3 aromatic carbocycles. The molecule has 0 fully saturated rings. The first kappa shape index (κ1) is 22.7. The monoisotopic (exact) mass is 508 g/mol. The van der Waals surface area contributed by atoms with E-state index in [9.17, 15) is 0 Å². The van der Waals surface area contributed by atoms with Crippen molar-refractivity contribution in [3.8, 4) is 28.5 Å². The van der Waals surface area contributed by atoms with Gasteiger partial charge in [0.25, 0.3) is 5.89 Å². The van der Waals surface area contributed by atoms with E-state index in [0.29, 0.717) is 44.7 Å². The smallest absolute Gasteiger partial charge is 0.268 e. The van der Waals surface area contributed by atoms with E-state index in [1.54, 1.807) is 16.8 Å². The highest BCUT2D eigenvalue weighted by molar-refractivity contribution is 6.35. The number of nitrogens with zero attached hydrogens (tertiary/aromatic N) is 4. The highest BCUT2D eigenvalue weighted by Crippen LogP contribution is 2.36. The third-order valence-electron chi connectivity index (χ3n) is 5.52. The molecule has 5 aromatic rings. The van der Waals surface area contributed by atoms with E-state index >= 15 is 0 Å². The lowest BCUT2D eigenvalue weighted by Gasteiger charge is -2.11. The Balaban J connectivity index is 1.56. The molecule has 0 spiro atoms. The Kier molecular flexibility index (Phi) is 6.42. The molecule has 0 aliphatic heterocycles. The van der Waals surface area contributed by atoms with Gasteiger partial charge in [0.1, 0.15) is 0 Å². The Hall–Kier alpha value is -3.12. The van der Waals surface area contributed by atoms with Crippen molar-refractivity contribution in [3.63, 3.8) is 0 Å². The zero-order valence-electron chi connectivity index (χ0n) is 18.2. The second kappa shape index (κ2) is 9.63. The van der Waals surface area contributed by atoms with Crippen LogP contribution in [0.3, 0.4) is 0 Å². The SMILES string of the molecule is Cc1c(-c2nnc(CCc3ccccc3)o2)nn(-c2ccc(Cl)cc2Cl)c1-c1ccc(Cl)cc1. The molecule has 0 aliphatic rings. The summed E-state index contributed by atoms with van der Waals surface area (Å²) < 4.78 is 7.79. The topological polar surface area (TPSA) is 56.7 Å². The Labute approximate surface area is 211 Å². The van der Waals surface area contributed by atoms with Crippen molar-refractivity contribution < 1.29 is 4.42 Å². The fourth-order valence-electron chi connectivity index (χ4n) is 3.82. The van der Waals surface area contributed by atoms with Crippen molar-refractivity contribution >= 4 is 34.8 Å². The maximum absolute atomic E-state index is 6.54. The van der Waals surface area contributed by atoms with E-state index < -0.39 is 0 Å². The van der Waals surface area contributed by atoms with E-state index in [-0.39, 0.29) is 0 Å². The van der Waals surface area contributed by atoms with Crippen LogP contribution in [0.1, 0.15) is 17.0 Å². The normalized spacial score (nSPS) is 11.2. The molecule has 0 aliphatic carbocycles. The van der Waals surface area contributed by atoms with Crippen LogP contribution in [0.25, 0.3) is 28.5 Å². The minimum absolute atomic E-state index is 0.361. The summed E-state index contributed by atoms with van der Waals surface area (Å²) in [7, 11) is 0. The number of rotatable bonds is 6. The average Bonchev–Trinajstić information content (AvgIpc) is 3.43. The van der Waals surface area contributed by atoms with Gasteiger partial charge in [0.15, 0.2) is 5.69 Å². The van der Waals surface area contributed by atoms with Crippen LogP contribution in [0.15, 0.2) is 77.2 Å². The predicted octanol–water partition coefficient (Wildman–Crippen LogP) is 7.64. The minimum atomic E-state index is 0.361. The summed E-state index contributed by atoms with van der Waals surface area (Å²) in [6, 6.07) is 23.1.